The van der Waals surface area contributed by atoms with E-state index in [1.165, 1.54) is 27.3 Å². The van der Waals surface area contributed by atoms with Crippen LogP contribution in [0.1, 0.15) is 58.2 Å². The summed E-state index contributed by atoms with van der Waals surface area (Å²) in [6.45, 7) is 15.8. The third kappa shape index (κ3) is 5.09. The third-order valence-corrected chi connectivity index (χ3v) is 7.03. The summed E-state index contributed by atoms with van der Waals surface area (Å²) in [5, 5.41) is 2.46. The van der Waals surface area contributed by atoms with E-state index >= 15 is 0 Å². The zero-order chi connectivity index (χ0) is 21.2. The molecular formula is C27H33OP. The van der Waals surface area contributed by atoms with Crippen LogP contribution in [0.25, 0.3) is 0 Å². The summed E-state index contributed by atoms with van der Waals surface area (Å²) in [6, 6.07) is 25.8. The topological polar surface area (TPSA) is 9.23 Å². The Hall–Kier alpha value is -2.11. The quantitative estimate of drug-likeness (QED) is 0.425. The predicted octanol–water partition coefficient (Wildman–Crippen LogP) is 7.02. The SMILES string of the molecule is Cc1cc(OP(c2ccccc2)c2ccccc2)c(C(C)(C)C)cc1C(C)(C)C. The molecule has 0 saturated heterocycles. The van der Waals surface area contributed by atoms with E-state index in [1.807, 2.05) is 0 Å². The molecule has 0 saturated carbocycles. The fourth-order valence-corrected chi connectivity index (χ4v) is 5.37. The van der Waals surface area contributed by atoms with Crippen molar-refractivity contribution in [3.8, 4) is 5.75 Å². The van der Waals surface area contributed by atoms with Gasteiger partial charge in [-0.3, -0.25) is 0 Å². The average Bonchev–Trinajstić information content (AvgIpc) is 2.65. The van der Waals surface area contributed by atoms with E-state index in [-0.39, 0.29) is 10.8 Å². The fraction of sp³-hybridized carbons (Fsp3) is 0.333. The molecule has 0 aliphatic carbocycles. The summed E-state index contributed by atoms with van der Waals surface area (Å²) in [7, 11) is -0.941. The van der Waals surface area contributed by atoms with Crippen molar-refractivity contribution in [2.24, 2.45) is 0 Å². The number of hydrogen-bond donors (Lipinski definition) is 0. The van der Waals surface area contributed by atoms with Gasteiger partial charge in [-0.25, -0.2) is 0 Å². The Morgan fingerprint density at radius 2 is 1.07 bits per heavy atom. The van der Waals surface area contributed by atoms with Gasteiger partial charge < -0.3 is 4.52 Å². The Balaban J connectivity index is 2.14. The second-order valence-electron chi connectivity index (χ2n) is 9.72. The minimum absolute atomic E-state index is 0.00257. The first-order chi connectivity index (χ1) is 13.6. The first-order valence-corrected chi connectivity index (χ1v) is 11.6. The molecule has 0 fully saturated rings. The number of aryl methyl sites for hydroxylation is 1. The molecule has 0 bridgehead atoms. The van der Waals surface area contributed by atoms with Gasteiger partial charge in [0, 0.05) is 16.2 Å². The van der Waals surface area contributed by atoms with Gasteiger partial charge in [-0.05, 0) is 34.9 Å². The highest BCUT2D eigenvalue weighted by molar-refractivity contribution is 7.68. The van der Waals surface area contributed by atoms with Crippen molar-refractivity contribution in [1.82, 2.24) is 0 Å². The first-order valence-electron chi connectivity index (χ1n) is 10.3. The van der Waals surface area contributed by atoms with Crippen LogP contribution in [-0.2, 0) is 10.8 Å². The maximum atomic E-state index is 6.86. The van der Waals surface area contributed by atoms with Gasteiger partial charge in [0.1, 0.15) is 5.75 Å². The van der Waals surface area contributed by atoms with Crippen molar-refractivity contribution >= 4 is 18.8 Å². The highest BCUT2D eigenvalue weighted by Gasteiger charge is 2.27. The lowest BCUT2D eigenvalue weighted by molar-refractivity contribution is 0.530. The van der Waals surface area contributed by atoms with E-state index in [2.05, 4.69) is 121 Å². The third-order valence-electron chi connectivity index (χ3n) is 5.11. The minimum Gasteiger partial charge on any atom is -0.464 e. The molecule has 0 aliphatic heterocycles. The summed E-state index contributed by atoms with van der Waals surface area (Å²) in [5.41, 5.74) is 4.05. The van der Waals surface area contributed by atoms with Crippen LogP contribution in [0.15, 0.2) is 72.8 Å². The Bertz CT molecular complexity index is 908. The number of rotatable bonds is 4. The van der Waals surface area contributed by atoms with Crippen LogP contribution < -0.4 is 15.1 Å². The van der Waals surface area contributed by atoms with Crippen molar-refractivity contribution in [3.63, 3.8) is 0 Å². The smallest absolute Gasteiger partial charge is 0.150 e. The lowest BCUT2D eigenvalue weighted by atomic mass is 9.78. The van der Waals surface area contributed by atoms with Crippen LogP contribution >= 0.6 is 8.15 Å². The fourth-order valence-electron chi connectivity index (χ4n) is 3.63. The van der Waals surface area contributed by atoms with Crippen LogP contribution in [0.5, 0.6) is 5.75 Å². The van der Waals surface area contributed by atoms with Crippen molar-refractivity contribution in [2.75, 3.05) is 0 Å². The largest absolute Gasteiger partial charge is 0.464 e. The highest BCUT2D eigenvalue weighted by Crippen LogP contribution is 2.44. The molecule has 0 radical (unpaired) electrons. The van der Waals surface area contributed by atoms with Crippen molar-refractivity contribution < 1.29 is 4.52 Å². The molecule has 29 heavy (non-hydrogen) atoms. The molecule has 0 aromatic heterocycles. The lowest BCUT2D eigenvalue weighted by Crippen LogP contribution is -2.21. The van der Waals surface area contributed by atoms with Crippen LogP contribution in [0.4, 0.5) is 0 Å². The maximum Gasteiger partial charge on any atom is 0.150 e. The molecule has 3 aromatic rings. The molecule has 0 spiro atoms. The Morgan fingerprint density at radius 1 is 0.621 bits per heavy atom. The van der Waals surface area contributed by atoms with E-state index in [1.54, 1.807) is 0 Å². The molecular weight excluding hydrogens is 371 g/mol. The normalized spacial score (nSPS) is 12.3. The van der Waals surface area contributed by atoms with Gasteiger partial charge in [-0.1, -0.05) is 108 Å². The van der Waals surface area contributed by atoms with E-state index in [4.69, 9.17) is 4.52 Å². The Morgan fingerprint density at radius 3 is 1.48 bits per heavy atom. The molecule has 0 aliphatic rings. The van der Waals surface area contributed by atoms with Crippen LogP contribution in [0.2, 0.25) is 0 Å². The maximum absolute atomic E-state index is 6.86. The molecule has 3 rings (SSSR count). The summed E-state index contributed by atoms with van der Waals surface area (Å²) < 4.78 is 6.86. The van der Waals surface area contributed by atoms with Gasteiger partial charge in [0.05, 0.1) is 0 Å². The van der Waals surface area contributed by atoms with Crippen molar-refractivity contribution in [3.05, 3.63) is 89.5 Å². The highest BCUT2D eigenvalue weighted by atomic mass is 31.1. The van der Waals surface area contributed by atoms with Gasteiger partial charge in [-0.2, -0.15) is 0 Å². The first kappa shape index (κ1) is 21.6. The molecule has 2 heteroatoms. The standard InChI is InChI=1S/C27H33OP/c1-20-18-25(24(27(5,6)7)19-23(20)26(2,3)4)28-29(21-14-10-8-11-15-21)22-16-12-9-13-17-22/h8-19H,1-7H3. The summed E-state index contributed by atoms with van der Waals surface area (Å²) >= 11 is 0. The summed E-state index contributed by atoms with van der Waals surface area (Å²) in [4.78, 5) is 0. The Labute approximate surface area is 178 Å². The predicted molar refractivity (Wildman–Crippen MR) is 128 cm³/mol. The van der Waals surface area contributed by atoms with Crippen LogP contribution in [0, 0.1) is 6.92 Å². The van der Waals surface area contributed by atoms with Gasteiger partial charge in [0.2, 0.25) is 0 Å². The average molecular weight is 405 g/mol. The lowest BCUT2D eigenvalue weighted by Gasteiger charge is -2.30. The molecule has 0 unspecified atom stereocenters. The molecule has 0 atom stereocenters. The summed E-state index contributed by atoms with van der Waals surface area (Å²) in [5.74, 6) is 1.00. The second kappa shape index (κ2) is 8.33. The Kier molecular flexibility index (Phi) is 6.20. The van der Waals surface area contributed by atoms with Crippen LogP contribution in [-0.4, -0.2) is 0 Å². The molecule has 1 nitrogen and oxygen atoms in total. The zero-order valence-electron chi connectivity index (χ0n) is 18.8. The molecule has 0 amide bonds. The molecule has 0 heterocycles. The van der Waals surface area contributed by atoms with Gasteiger partial charge in [-0.15, -0.1) is 0 Å². The van der Waals surface area contributed by atoms with Crippen molar-refractivity contribution in [2.45, 2.75) is 59.3 Å². The molecule has 3 aromatic carbocycles. The zero-order valence-corrected chi connectivity index (χ0v) is 19.7. The summed E-state index contributed by atoms with van der Waals surface area (Å²) in [6.07, 6.45) is 0. The molecule has 0 N–H and O–H groups in total. The minimum atomic E-state index is -0.941. The van der Waals surface area contributed by atoms with E-state index in [0.717, 1.165) is 5.75 Å². The second-order valence-corrected chi connectivity index (χ2v) is 11.5. The van der Waals surface area contributed by atoms with Crippen molar-refractivity contribution in [1.29, 1.82) is 0 Å². The van der Waals surface area contributed by atoms with E-state index in [0.29, 0.717) is 0 Å². The van der Waals surface area contributed by atoms with E-state index in [9.17, 15) is 0 Å². The van der Waals surface area contributed by atoms with Gasteiger partial charge in [0.25, 0.3) is 0 Å². The van der Waals surface area contributed by atoms with Gasteiger partial charge in [0.15, 0.2) is 8.15 Å². The number of hydrogen-bond acceptors (Lipinski definition) is 1. The molecule has 152 valence electrons. The van der Waals surface area contributed by atoms with Gasteiger partial charge >= 0.3 is 0 Å². The monoisotopic (exact) mass is 404 g/mol. The number of benzene rings is 3. The van der Waals surface area contributed by atoms with E-state index < -0.39 is 8.15 Å². The van der Waals surface area contributed by atoms with Crippen LogP contribution in [0.3, 0.4) is 0 Å².